The van der Waals surface area contributed by atoms with Crippen LogP contribution in [0.4, 0.5) is 0 Å². The molecule has 1 atom stereocenters. The van der Waals surface area contributed by atoms with Crippen LogP contribution in [0.3, 0.4) is 0 Å². The third-order valence-electron chi connectivity index (χ3n) is 2.63. The van der Waals surface area contributed by atoms with Gasteiger partial charge in [0.2, 0.25) is 0 Å². The van der Waals surface area contributed by atoms with Crippen molar-refractivity contribution in [1.29, 1.82) is 0 Å². The third-order valence-corrected chi connectivity index (χ3v) is 2.63. The van der Waals surface area contributed by atoms with Gasteiger partial charge < -0.3 is 14.8 Å². The summed E-state index contributed by atoms with van der Waals surface area (Å²) in [6, 6.07) is 0. The van der Waals surface area contributed by atoms with Crippen LogP contribution in [-0.2, 0) is 9.47 Å². The van der Waals surface area contributed by atoms with Crippen LogP contribution in [0.2, 0.25) is 0 Å². The van der Waals surface area contributed by atoms with Crippen LogP contribution in [0.15, 0.2) is 0 Å². The summed E-state index contributed by atoms with van der Waals surface area (Å²) < 4.78 is 11.1. The summed E-state index contributed by atoms with van der Waals surface area (Å²) in [5, 5.41) is 3.50. The largest absolute Gasteiger partial charge is 0.378 e. The fourth-order valence-corrected chi connectivity index (χ4v) is 2.16. The molecule has 1 N–H and O–H groups in total. The van der Waals surface area contributed by atoms with E-state index in [2.05, 4.69) is 19.2 Å². The molecule has 2 fully saturated rings. The van der Waals surface area contributed by atoms with Gasteiger partial charge in [-0.05, 0) is 20.3 Å². The van der Waals surface area contributed by atoms with Gasteiger partial charge in [-0.1, -0.05) is 0 Å². The molecule has 2 aliphatic heterocycles. The minimum atomic E-state index is 0.0215. The average molecular weight is 171 g/mol. The first-order valence-corrected chi connectivity index (χ1v) is 4.59. The van der Waals surface area contributed by atoms with Gasteiger partial charge in [0.1, 0.15) is 0 Å². The second-order valence-electron chi connectivity index (χ2n) is 4.48. The van der Waals surface area contributed by atoms with Crippen molar-refractivity contribution in [3.8, 4) is 0 Å². The number of nitrogens with one attached hydrogen (secondary N) is 1. The Morgan fingerprint density at radius 2 is 2.08 bits per heavy atom. The number of hydrogen-bond donors (Lipinski definition) is 1. The molecule has 2 saturated heterocycles. The lowest BCUT2D eigenvalue weighted by Crippen LogP contribution is -2.55. The molecule has 70 valence electrons. The minimum Gasteiger partial charge on any atom is -0.378 e. The number of ether oxygens (including phenoxy) is 2. The Morgan fingerprint density at radius 1 is 1.25 bits per heavy atom. The molecule has 2 heterocycles. The maximum atomic E-state index is 5.69. The monoisotopic (exact) mass is 171 g/mol. The summed E-state index contributed by atoms with van der Waals surface area (Å²) in [5.41, 5.74) is 0.134. The Labute approximate surface area is 73.4 Å². The summed E-state index contributed by atoms with van der Waals surface area (Å²) in [4.78, 5) is 0. The summed E-state index contributed by atoms with van der Waals surface area (Å²) in [7, 11) is 0. The molecule has 2 aliphatic rings. The van der Waals surface area contributed by atoms with Gasteiger partial charge >= 0.3 is 0 Å². The Kier molecular flexibility index (Phi) is 1.90. The molecule has 1 spiro atoms. The second kappa shape index (κ2) is 2.69. The first-order chi connectivity index (χ1) is 5.62. The van der Waals surface area contributed by atoms with Crippen molar-refractivity contribution in [2.24, 2.45) is 0 Å². The molecule has 12 heavy (non-hydrogen) atoms. The SMILES string of the molecule is CC1(C)CC2(COCCN2)CO1. The zero-order valence-electron chi connectivity index (χ0n) is 7.85. The Balaban J connectivity index is 2.03. The summed E-state index contributed by atoms with van der Waals surface area (Å²) >= 11 is 0. The van der Waals surface area contributed by atoms with Crippen LogP contribution >= 0.6 is 0 Å². The highest BCUT2D eigenvalue weighted by Gasteiger charge is 2.45. The second-order valence-corrected chi connectivity index (χ2v) is 4.48. The molecule has 0 aromatic heterocycles. The van der Waals surface area contributed by atoms with Gasteiger partial charge in [0.15, 0.2) is 0 Å². The molecule has 0 aromatic carbocycles. The standard InChI is InChI=1S/C9H17NO2/c1-8(2)5-9(7-12-8)6-11-4-3-10-9/h10H,3-7H2,1-2H3. The first-order valence-electron chi connectivity index (χ1n) is 4.59. The van der Waals surface area contributed by atoms with Gasteiger partial charge in [0.05, 0.1) is 31.0 Å². The van der Waals surface area contributed by atoms with Crippen LogP contribution < -0.4 is 5.32 Å². The fourth-order valence-electron chi connectivity index (χ4n) is 2.16. The maximum Gasteiger partial charge on any atom is 0.0682 e. The molecule has 0 aromatic rings. The van der Waals surface area contributed by atoms with E-state index in [9.17, 15) is 0 Å². The molecule has 3 heteroatoms. The Morgan fingerprint density at radius 3 is 2.58 bits per heavy atom. The van der Waals surface area contributed by atoms with Crippen molar-refractivity contribution in [1.82, 2.24) is 5.32 Å². The fraction of sp³-hybridized carbons (Fsp3) is 1.00. The van der Waals surface area contributed by atoms with Crippen molar-refractivity contribution in [3.05, 3.63) is 0 Å². The quantitative estimate of drug-likeness (QED) is 0.577. The average Bonchev–Trinajstić information content (AvgIpc) is 2.29. The highest BCUT2D eigenvalue weighted by molar-refractivity contribution is 5.00. The molecule has 3 nitrogen and oxygen atoms in total. The smallest absolute Gasteiger partial charge is 0.0682 e. The van der Waals surface area contributed by atoms with E-state index >= 15 is 0 Å². The van der Waals surface area contributed by atoms with Crippen LogP contribution in [-0.4, -0.2) is 37.5 Å². The maximum absolute atomic E-state index is 5.69. The van der Waals surface area contributed by atoms with E-state index in [4.69, 9.17) is 9.47 Å². The number of hydrogen-bond acceptors (Lipinski definition) is 3. The van der Waals surface area contributed by atoms with E-state index in [0.29, 0.717) is 0 Å². The topological polar surface area (TPSA) is 30.5 Å². The van der Waals surface area contributed by atoms with Crippen LogP contribution in [0.25, 0.3) is 0 Å². The third kappa shape index (κ3) is 1.49. The predicted octanol–water partition coefficient (Wildman–Crippen LogP) is 0.544. The molecule has 0 amide bonds. The summed E-state index contributed by atoms with van der Waals surface area (Å²) in [6.07, 6.45) is 1.06. The van der Waals surface area contributed by atoms with Gasteiger partial charge in [-0.25, -0.2) is 0 Å². The lowest BCUT2D eigenvalue weighted by molar-refractivity contribution is 0.00891. The van der Waals surface area contributed by atoms with Gasteiger partial charge in [-0.15, -0.1) is 0 Å². The van der Waals surface area contributed by atoms with Gasteiger partial charge in [-0.3, -0.25) is 0 Å². The first kappa shape index (κ1) is 8.48. The number of rotatable bonds is 0. The van der Waals surface area contributed by atoms with E-state index in [1.165, 1.54) is 0 Å². The Bertz CT molecular complexity index is 173. The van der Waals surface area contributed by atoms with E-state index < -0.39 is 0 Å². The van der Waals surface area contributed by atoms with Gasteiger partial charge in [0.25, 0.3) is 0 Å². The molecular weight excluding hydrogens is 154 g/mol. The van der Waals surface area contributed by atoms with Gasteiger partial charge in [0, 0.05) is 6.54 Å². The van der Waals surface area contributed by atoms with E-state index in [0.717, 1.165) is 32.8 Å². The number of morpholine rings is 1. The summed E-state index contributed by atoms with van der Waals surface area (Å²) in [6.45, 7) is 7.66. The van der Waals surface area contributed by atoms with Crippen molar-refractivity contribution in [3.63, 3.8) is 0 Å². The van der Waals surface area contributed by atoms with E-state index in [1.807, 2.05) is 0 Å². The molecule has 0 saturated carbocycles. The molecule has 0 radical (unpaired) electrons. The Hall–Kier alpha value is -0.120. The van der Waals surface area contributed by atoms with Crippen LogP contribution in [0.5, 0.6) is 0 Å². The van der Waals surface area contributed by atoms with Gasteiger partial charge in [-0.2, -0.15) is 0 Å². The normalized spacial score (nSPS) is 40.5. The van der Waals surface area contributed by atoms with Crippen molar-refractivity contribution in [2.75, 3.05) is 26.4 Å². The summed E-state index contributed by atoms with van der Waals surface area (Å²) in [5.74, 6) is 0. The molecule has 0 aliphatic carbocycles. The van der Waals surface area contributed by atoms with Crippen molar-refractivity contribution < 1.29 is 9.47 Å². The van der Waals surface area contributed by atoms with E-state index in [1.54, 1.807) is 0 Å². The molecule has 1 unspecified atom stereocenters. The highest BCUT2D eigenvalue weighted by Crippen LogP contribution is 2.33. The molecular formula is C9H17NO2. The van der Waals surface area contributed by atoms with Crippen LogP contribution in [0, 0.1) is 0 Å². The van der Waals surface area contributed by atoms with Crippen molar-refractivity contribution in [2.45, 2.75) is 31.4 Å². The minimum absolute atomic E-state index is 0.0215. The highest BCUT2D eigenvalue weighted by atomic mass is 16.5. The molecule has 0 bridgehead atoms. The lowest BCUT2D eigenvalue weighted by atomic mass is 9.90. The van der Waals surface area contributed by atoms with Crippen molar-refractivity contribution >= 4 is 0 Å². The zero-order chi connectivity index (χ0) is 8.66. The predicted molar refractivity (Wildman–Crippen MR) is 46.2 cm³/mol. The van der Waals surface area contributed by atoms with E-state index in [-0.39, 0.29) is 11.1 Å². The van der Waals surface area contributed by atoms with Crippen LogP contribution in [0.1, 0.15) is 20.3 Å². The lowest BCUT2D eigenvalue weighted by Gasteiger charge is -2.33. The molecule has 2 rings (SSSR count). The zero-order valence-corrected chi connectivity index (χ0v) is 7.85.